The van der Waals surface area contributed by atoms with E-state index < -0.39 is 19.3 Å². The van der Waals surface area contributed by atoms with Crippen molar-refractivity contribution in [1.29, 1.82) is 0 Å². The van der Waals surface area contributed by atoms with Crippen molar-refractivity contribution in [2.75, 3.05) is 0 Å². The van der Waals surface area contributed by atoms with Crippen LogP contribution in [0.4, 0.5) is 0 Å². The summed E-state index contributed by atoms with van der Waals surface area (Å²) in [6, 6.07) is 0. The average molecular weight is 166 g/mol. The average Bonchev–Trinajstić information content (AvgIpc) is 1.63. The summed E-state index contributed by atoms with van der Waals surface area (Å²) in [7, 11) is -3.37. The van der Waals surface area contributed by atoms with Gasteiger partial charge in [0, 0.05) is 0 Å². The summed E-state index contributed by atoms with van der Waals surface area (Å²) in [5, 5.41) is 0.108. The summed E-state index contributed by atoms with van der Waals surface area (Å²) < 4.78 is 25.1. The van der Waals surface area contributed by atoms with Crippen molar-refractivity contribution in [2.45, 2.75) is 20.0 Å². The predicted molar refractivity (Wildman–Crippen MR) is 39.6 cm³/mol. The number of hydrogen-bond acceptors (Lipinski definition) is 3. The zero-order valence-electron chi connectivity index (χ0n) is 5.71. The largest absolute Gasteiger partial charge is 0.381 e. The molecule has 0 heterocycles. The molecule has 0 aliphatic rings. The van der Waals surface area contributed by atoms with Gasteiger partial charge in [-0.15, -0.1) is 0 Å². The summed E-state index contributed by atoms with van der Waals surface area (Å²) in [6.07, 6.45) is 0. The van der Waals surface area contributed by atoms with E-state index in [0.717, 1.165) is 0 Å². The second kappa shape index (κ2) is 3.81. The van der Waals surface area contributed by atoms with E-state index in [1.165, 1.54) is 6.92 Å². The van der Waals surface area contributed by atoms with Gasteiger partial charge in [-0.25, -0.2) is 0 Å². The van der Waals surface area contributed by atoms with Crippen LogP contribution in [0.25, 0.3) is 0 Å². The Kier molecular flexibility index (Phi) is 3.75. The minimum absolute atomic E-state index is 0.108. The van der Waals surface area contributed by atoms with Gasteiger partial charge in [-0.3, -0.25) is 0 Å². The van der Waals surface area contributed by atoms with Crippen molar-refractivity contribution in [3.8, 4) is 0 Å². The van der Waals surface area contributed by atoms with Gasteiger partial charge in [0.2, 0.25) is 10.3 Å². The fourth-order valence-corrected chi connectivity index (χ4v) is 1.93. The highest BCUT2D eigenvalue weighted by Gasteiger charge is 1.97. The molecule has 3 nitrogen and oxygen atoms in total. The topological polar surface area (TPSA) is 43.4 Å². The Morgan fingerprint density at radius 1 is 1.44 bits per heavy atom. The van der Waals surface area contributed by atoms with Crippen LogP contribution in [-0.4, -0.2) is 22.5 Å². The monoisotopic (exact) mass is 166 g/mol. The summed E-state index contributed by atoms with van der Waals surface area (Å²) in [5.41, 5.74) is 0. The summed E-state index contributed by atoms with van der Waals surface area (Å²) in [6.45, 7) is 5.28. The third-order valence-corrected chi connectivity index (χ3v) is 2.20. The molecule has 0 aliphatic heterocycles. The molecule has 0 bridgehead atoms. The maximum atomic E-state index is 10.1. The van der Waals surface area contributed by atoms with Gasteiger partial charge < -0.3 is 4.43 Å². The van der Waals surface area contributed by atoms with E-state index in [-0.39, 0.29) is 5.05 Å². The third kappa shape index (κ3) is 4.38. The molecule has 0 saturated carbocycles. The Hall–Kier alpha value is -0.133. The van der Waals surface area contributed by atoms with Crippen LogP contribution >= 0.6 is 0 Å². The highest BCUT2D eigenvalue weighted by molar-refractivity contribution is 7.72. The molecule has 0 atom stereocenters. The molecule has 0 aliphatic carbocycles. The van der Waals surface area contributed by atoms with E-state index in [1.54, 1.807) is 0 Å². The SMILES string of the molecule is CC(O[SiH](C)C)=S(=O)=O. The van der Waals surface area contributed by atoms with Crippen LogP contribution in [0.5, 0.6) is 0 Å². The number of rotatable bonds is 1. The Bertz CT molecular complexity index is 196. The minimum Gasteiger partial charge on any atom is -0.381 e. The normalized spacial score (nSPS) is 9.78. The molecule has 0 rings (SSSR count). The van der Waals surface area contributed by atoms with Gasteiger partial charge in [0.15, 0.2) is 14.1 Å². The van der Waals surface area contributed by atoms with Crippen LogP contribution in [0.1, 0.15) is 6.92 Å². The van der Waals surface area contributed by atoms with Crippen LogP contribution in [0, 0.1) is 0 Å². The van der Waals surface area contributed by atoms with E-state index in [4.69, 9.17) is 4.43 Å². The zero-order chi connectivity index (χ0) is 7.44. The molecule has 0 amide bonds. The van der Waals surface area contributed by atoms with Gasteiger partial charge in [0.05, 0.1) is 0 Å². The zero-order valence-corrected chi connectivity index (χ0v) is 7.68. The molecule has 0 N–H and O–H groups in total. The fraction of sp³-hybridized carbons (Fsp3) is 0.750. The van der Waals surface area contributed by atoms with E-state index in [1.807, 2.05) is 13.1 Å². The van der Waals surface area contributed by atoms with Gasteiger partial charge in [-0.1, -0.05) is 0 Å². The molecule has 54 valence electrons. The van der Waals surface area contributed by atoms with Crippen molar-refractivity contribution in [3.05, 3.63) is 0 Å². The number of hydrogen-bond donors (Lipinski definition) is 0. The molecule has 0 aromatic heterocycles. The van der Waals surface area contributed by atoms with Crippen LogP contribution in [0.15, 0.2) is 0 Å². The van der Waals surface area contributed by atoms with Gasteiger partial charge in [0.1, 0.15) is 0 Å². The summed E-state index contributed by atoms with van der Waals surface area (Å²) in [4.78, 5) is 0. The van der Waals surface area contributed by atoms with E-state index in [2.05, 4.69) is 0 Å². The van der Waals surface area contributed by atoms with Crippen molar-refractivity contribution in [1.82, 2.24) is 0 Å². The van der Waals surface area contributed by atoms with Gasteiger partial charge in [0.25, 0.3) is 0 Å². The van der Waals surface area contributed by atoms with Crippen LogP contribution in [0.3, 0.4) is 0 Å². The Morgan fingerprint density at radius 3 is 2.00 bits per heavy atom. The predicted octanol–water partition coefficient (Wildman–Crippen LogP) is 0.0153. The third-order valence-electron chi connectivity index (χ3n) is 0.636. The Morgan fingerprint density at radius 2 is 1.89 bits per heavy atom. The van der Waals surface area contributed by atoms with Gasteiger partial charge in [-0.05, 0) is 20.0 Å². The van der Waals surface area contributed by atoms with Gasteiger partial charge >= 0.3 is 0 Å². The second-order valence-corrected chi connectivity index (χ2v) is 5.27. The molecule has 0 fully saturated rings. The Balaban J connectivity index is 4.10. The first-order valence-corrected chi connectivity index (χ1v) is 6.49. The van der Waals surface area contributed by atoms with Crippen molar-refractivity contribution in [3.63, 3.8) is 0 Å². The molecule has 0 unspecified atom stereocenters. The fourth-order valence-electron chi connectivity index (χ4n) is 0.371. The first-order chi connectivity index (χ1) is 4.04. The maximum Gasteiger partial charge on any atom is 0.239 e. The molecule has 9 heavy (non-hydrogen) atoms. The maximum absolute atomic E-state index is 10.1. The lowest BCUT2D eigenvalue weighted by Gasteiger charge is -1.99. The summed E-state index contributed by atoms with van der Waals surface area (Å²) >= 11 is 0. The molecule has 0 aromatic carbocycles. The lowest BCUT2D eigenvalue weighted by molar-refractivity contribution is 0.575. The van der Waals surface area contributed by atoms with Crippen LogP contribution in [0.2, 0.25) is 13.1 Å². The first kappa shape index (κ1) is 8.87. The molecular formula is C4H10O3SSi. The van der Waals surface area contributed by atoms with Crippen LogP contribution < -0.4 is 0 Å². The van der Waals surface area contributed by atoms with Gasteiger partial charge in [-0.2, -0.15) is 8.42 Å². The summed E-state index contributed by atoms with van der Waals surface area (Å²) in [5.74, 6) is 0. The molecule has 0 radical (unpaired) electrons. The smallest absolute Gasteiger partial charge is 0.239 e. The first-order valence-electron chi connectivity index (χ1n) is 2.63. The second-order valence-electron chi connectivity index (χ2n) is 1.89. The van der Waals surface area contributed by atoms with Crippen LogP contribution in [-0.2, 0) is 14.7 Å². The van der Waals surface area contributed by atoms with E-state index >= 15 is 0 Å². The lowest BCUT2D eigenvalue weighted by atomic mass is 10.9. The highest BCUT2D eigenvalue weighted by atomic mass is 32.2. The quantitative estimate of drug-likeness (QED) is 0.407. The lowest BCUT2D eigenvalue weighted by Crippen LogP contribution is -2.12. The Labute approximate surface area is 57.9 Å². The van der Waals surface area contributed by atoms with Crippen molar-refractivity contribution >= 4 is 24.4 Å². The molecular weight excluding hydrogens is 156 g/mol. The molecule has 0 spiro atoms. The molecule has 5 heteroatoms. The minimum atomic E-state index is -2.15. The standard InChI is InChI=1S/C4H10O3SSi/c1-4(8(5)6)7-9(2)3/h9H,1-3H3. The molecule has 0 aromatic rings. The molecule has 0 saturated heterocycles. The highest BCUT2D eigenvalue weighted by Crippen LogP contribution is 1.83. The van der Waals surface area contributed by atoms with E-state index in [9.17, 15) is 8.42 Å². The van der Waals surface area contributed by atoms with Crippen molar-refractivity contribution in [2.24, 2.45) is 0 Å². The van der Waals surface area contributed by atoms with Crippen molar-refractivity contribution < 1.29 is 12.8 Å². The van der Waals surface area contributed by atoms with E-state index in [0.29, 0.717) is 0 Å².